The largest absolute Gasteiger partial charge is 0.383 e. The third-order valence-corrected chi connectivity index (χ3v) is 2.69. The van der Waals surface area contributed by atoms with Crippen LogP contribution in [-0.2, 0) is 4.74 Å². The summed E-state index contributed by atoms with van der Waals surface area (Å²) in [6.07, 6.45) is 0. The van der Waals surface area contributed by atoms with Gasteiger partial charge in [-0.25, -0.2) is 0 Å². The Morgan fingerprint density at radius 2 is 1.29 bits per heavy atom. The summed E-state index contributed by atoms with van der Waals surface area (Å²) in [6, 6.07) is 0. The molecule has 86 valence electrons. The number of rotatable bonds is 9. The highest BCUT2D eigenvalue weighted by molar-refractivity contribution is 4.59. The normalized spacial score (nSPS) is 11.6. The number of methoxy groups -OCH3 is 1. The molecule has 0 amide bonds. The fourth-order valence-corrected chi connectivity index (χ4v) is 1.47. The van der Waals surface area contributed by atoms with E-state index in [9.17, 15) is 0 Å². The van der Waals surface area contributed by atoms with Gasteiger partial charge in [0.25, 0.3) is 0 Å². The number of likely N-dealkylation sites (N-methyl/N-ethyl adjacent to an activating group) is 2. The molecule has 14 heavy (non-hydrogen) atoms. The lowest BCUT2D eigenvalue weighted by molar-refractivity contribution is 0.141. The van der Waals surface area contributed by atoms with E-state index in [1.54, 1.807) is 7.11 Å². The molecule has 0 bridgehead atoms. The van der Waals surface area contributed by atoms with Gasteiger partial charge in [0.1, 0.15) is 0 Å². The van der Waals surface area contributed by atoms with E-state index in [1.807, 2.05) is 0 Å². The Balaban J connectivity index is 3.59. The van der Waals surface area contributed by atoms with E-state index < -0.39 is 0 Å². The number of hydrogen-bond acceptors (Lipinski definition) is 3. The molecule has 0 saturated heterocycles. The first-order valence-corrected chi connectivity index (χ1v) is 5.72. The monoisotopic (exact) mass is 202 g/mol. The molecular weight excluding hydrogens is 176 g/mol. The molecule has 0 atom stereocenters. The molecule has 0 heterocycles. The summed E-state index contributed by atoms with van der Waals surface area (Å²) in [5, 5.41) is 0. The van der Waals surface area contributed by atoms with Crippen LogP contribution in [-0.4, -0.2) is 62.8 Å². The first-order chi connectivity index (χ1) is 6.78. The zero-order chi connectivity index (χ0) is 10.8. The summed E-state index contributed by atoms with van der Waals surface area (Å²) < 4.78 is 5.08. The van der Waals surface area contributed by atoms with Crippen LogP contribution in [0.5, 0.6) is 0 Å². The van der Waals surface area contributed by atoms with Gasteiger partial charge in [-0.15, -0.1) is 0 Å². The zero-order valence-corrected chi connectivity index (χ0v) is 10.3. The molecule has 0 rings (SSSR count). The highest BCUT2D eigenvalue weighted by atomic mass is 16.5. The van der Waals surface area contributed by atoms with E-state index in [1.165, 1.54) is 6.54 Å². The Kier molecular flexibility index (Phi) is 9.35. The van der Waals surface area contributed by atoms with Crippen molar-refractivity contribution in [3.05, 3.63) is 0 Å². The second-order valence-corrected chi connectivity index (χ2v) is 3.45. The van der Waals surface area contributed by atoms with Crippen LogP contribution in [0.15, 0.2) is 0 Å². The molecule has 0 fully saturated rings. The molecule has 0 aliphatic rings. The zero-order valence-electron chi connectivity index (χ0n) is 10.3. The van der Waals surface area contributed by atoms with Crippen molar-refractivity contribution in [3.8, 4) is 0 Å². The van der Waals surface area contributed by atoms with Crippen molar-refractivity contribution >= 4 is 0 Å². The summed E-state index contributed by atoms with van der Waals surface area (Å²) in [7, 11) is 1.76. The molecule has 0 unspecified atom stereocenters. The molecule has 0 aromatic heterocycles. The van der Waals surface area contributed by atoms with Gasteiger partial charge in [0.15, 0.2) is 0 Å². The van der Waals surface area contributed by atoms with E-state index in [-0.39, 0.29) is 0 Å². The third kappa shape index (κ3) is 6.35. The quantitative estimate of drug-likeness (QED) is 0.560. The predicted octanol–water partition coefficient (Wildman–Crippen LogP) is 1.30. The van der Waals surface area contributed by atoms with Crippen molar-refractivity contribution in [1.82, 2.24) is 9.80 Å². The van der Waals surface area contributed by atoms with Crippen LogP contribution < -0.4 is 0 Å². The topological polar surface area (TPSA) is 15.7 Å². The van der Waals surface area contributed by atoms with Gasteiger partial charge >= 0.3 is 0 Å². The molecule has 0 N–H and O–H groups in total. The maximum absolute atomic E-state index is 5.08. The van der Waals surface area contributed by atoms with Crippen molar-refractivity contribution < 1.29 is 4.74 Å². The highest BCUT2D eigenvalue weighted by Crippen LogP contribution is 1.92. The van der Waals surface area contributed by atoms with Crippen molar-refractivity contribution in [2.24, 2.45) is 0 Å². The molecule has 3 nitrogen and oxygen atoms in total. The van der Waals surface area contributed by atoms with Crippen LogP contribution >= 0.6 is 0 Å². The molecule has 3 heteroatoms. The Morgan fingerprint density at radius 3 is 1.71 bits per heavy atom. The summed E-state index contributed by atoms with van der Waals surface area (Å²) in [5.41, 5.74) is 0. The molecule has 0 aromatic carbocycles. The summed E-state index contributed by atoms with van der Waals surface area (Å²) >= 11 is 0. The minimum absolute atomic E-state index is 0.839. The van der Waals surface area contributed by atoms with E-state index in [0.29, 0.717) is 0 Å². The molecule has 0 radical (unpaired) electrons. The smallest absolute Gasteiger partial charge is 0.0589 e. The Labute approximate surface area is 89.0 Å². The maximum atomic E-state index is 5.08. The lowest BCUT2D eigenvalue weighted by Gasteiger charge is -2.24. The number of ether oxygens (including phenoxy) is 1. The van der Waals surface area contributed by atoms with Gasteiger partial charge in [-0.1, -0.05) is 20.8 Å². The molecule has 0 saturated carbocycles. The van der Waals surface area contributed by atoms with Gasteiger partial charge in [-0.2, -0.15) is 0 Å². The Bertz CT molecular complexity index is 116. The van der Waals surface area contributed by atoms with E-state index in [4.69, 9.17) is 4.74 Å². The second kappa shape index (κ2) is 9.44. The van der Waals surface area contributed by atoms with Crippen LogP contribution in [0.2, 0.25) is 0 Å². The SMILES string of the molecule is CCN(CC)CCN(CC)CCOC. The van der Waals surface area contributed by atoms with Crippen molar-refractivity contribution in [1.29, 1.82) is 0 Å². The van der Waals surface area contributed by atoms with Gasteiger partial charge in [-0.05, 0) is 19.6 Å². The Morgan fingerprint density at radius 1 is 0.786 bits per heavy atom. The average molecular weight is 202 g/mol. The number of nitrogens with zero attached hydrogens (tertiary/aromatic N) is 2. The van der Waals surface area contributed by atoms with Crippen LogP contribution in [0, 0.1) is 0 Å². The highest BCUT2D eigenvalue weighted by Gasteiger charge is 2.04. The van der Waals surface area contributed by atoms with Gasteiger partial charge in [0.05, 0.1) is 6.61 Å². The second-order valence-electron chi connectivity index (χ2n) is 3.45. The van der Waals surface area contributed by atoms with Gasteiger partial charge in [-0.3, -0.25) is 0 Å². The fourth-order valence-electron chi connectivity index (χ4n) is 1.47. The summed E-state index contributed by atoms with van der Waals surface area (Å²) in [5.74, 6) is 0. The standard InChI is InChI=1S/C11H26N2O/c1-5-12(6-2)8-9-13(7-3)10-11-14-4/h5-11H2,1-4H3. The first-order valence-electron chi connectivity index (χ1n) is 5.72. The van der Waals surface area contributed by atoms with Gasteiger partial charge < -0.3 is 14.5 Å². The van der Waals surface area contributed by atoms with Gasteiger partial charge in [0, 0.05) is 26.7 Å². The lowest BCUT2D eigenvalue weighted by Crippen LogP contribution is -2.36. The Hall–Kier alpha value is -0.120. The van der Waals surface area contributed by atoms with E-state index in [0.717, 1.165) is 39.3 Å². The molecule has 0 spiro atoms. The van der Waals surface area contributed by atoms with Gasteiger partial charge in [0.2, 0.25) is 0 Å². The predicted molar refractivity (Wildman–Crippen MR) is 61.8 cm³/mol. The van der Waals surface area contributed by atoms with Crippen LogP contribution in [0.4, 0.5) is 0 Å². The minimum Gasteiger partial charge on any atom is -0.383 e. The molecule has 0 aromatic rings. The third-order valence-electron chi connectivity index (χ3n) is 2.69. The van der Waals surface area contributed by atoms with Crippen LogP contribution in [0.1, 0.15) is 20.8 Å². The van der Waals surface area contributed by atoms with E-state index >= 15 is 0 Å². The molecule has 0 aliphatic carbocycles. The lowest BCUT2D eigenvalue weighted by atomic mass is 10.4. The van der Waals surface area contributed by atoms with Crippen LogP contribution in [0.25, 0.3) is 0 Å². The van der Waals surface area contributed by atoms with E-state index in [2.05, 4.69) is 30.6 Å². The number of hydrogen-bond donors (Lipinski definition) is 0. The van der Waals surface area contributed by atoms with Crippen molar-refractivity contribution in [2.75, 3.05) is 53.0 Å². The summed E-state index contributed by atoms with van der Waals surface area (Å²) in [6.45, 7) is 14.3. The first kappa shape index (κ1) is 13.9. The fraction of sp³-hybridized carbons (Fsp3) is 1.00. The minimum atomic E-state index is 0.839. The summed E-state index contributed by atoms with van der Waals surface area (Å²) in [4.78, 5) is 4.89. The maximum Gasteiger partial charge on any atom is 0.0589 e. The van der Waals surface area contributed by atoms with Crippen molar-refractivity contribution in [2.45, 2.75) is 20.8 Å². The molecule has 0 aliphatic heterocycles. The average Bonchev–Trinajstić information content (AvgIpc) is 2.23. The van der Waals surface area contributed by atoms with Crippen molar-refractivity contribution in [3.63, 3.8) is 0 Å². The van der Waals surface area contributed by atoms with Crippen LogP contribution in [0.3, 0.4) is 0 Å². The molecular formula is C11H26N2O.